The quantitative estimate of drug-likeness (QED) is 0.786. The van der Waals surface area contributed by atoms with Crippen molar-refractivity contribution >= 4 is 11.8 Å². The van der Waals surface area contributed by atoms with Gasteiger partial charge in [-0.25, -0.2) is 8.78 Å². The van der Waals surface area contributed by atoms with Crippen molar-refractivity contribution in [1.29, 1.82) is 0 Å². The average Bonchev–Trinajstić information content (AvgIpc) is 2.71. The second-order valence-corrected chi connectivity index (χ2v) is 5.47. The number of hydrogen-bond donors (Lipinski definition) is 1. The number of halogens is 2. The van der Waals surface area contributed by atoms with Crippen molar-refractivity contribution < 1.29 is 8.78 Å². The number of hydrogen-bond acceptors (Lipinski definition) is 2. The predicted octanol–water partition coefficient (Wildman–Crippen LogP) is 2.52. The van der Waals surface area contributed by atoms with Gasteiger partial charge in [0.25, 0.3) is 5.92 Å². The van der Waals surface area contributed by atoms with E-state index in [1.807, 2.05) is 11.8 Å². The Labute approximate surface area is 88.0 Å². The Hall–Kier alpha value is 0.170. The molecule has 2 rings (SSSR count). The molecule has 0 radical (unpaired) electrons. The minimum absolute atomic E-state index is 0.0960. The van der Waals surface area contributed by atoms with Crippen LogP contribution in [0.2, 0.25) is 0 Å². The van der Waals surface area contributed by atoms with Gasteiger partial charge in [-0.05, 0) is 25.0 Å². The summed E-state index contributed by atoms with van der Waals surface area (Å²) in [4.78, 5) is 0. The van der Waals surface area contributed by atoms with Crippen molar-refractivity contribution in [1.82, 2.24) is 5.32 Å². The number of alkyl halides is 2. The third kappa shape index (κ3) is 2.40. The van der Waals surface area contributed by atoms with E-state index >= 15 is 0 Å². The van der Waals surface area contributed by atoms with Crippen LogP contribution in [0.15, 0.2) is 0 Å². The summed E-state index contributed by atoms with van der Waals surface area (Å²) >= 11 is 1.91. The van der Waals surface area contributed by atoms with E-state index in [-0.39, 0.29) is 6.42 Å². The molecule has 0 aromatic carbocycles. The van der Waals surface area contributed by atoms with Crippen LogP contribution in [0.4, 0.5) is 8.78 Å². The lowest BCUT2D eigenvalue weighted by Crippen LogP contribution is -2.37. The molecule has 1 saturated heterocycles. The van der Waals surface area contributed by atoms with Crippen molar-refractivity contribution in [3.8, 4) is 0 Å². The second kappa shape index (κ2) is 4.35. The molecule has 4 heteroatoms. The molecule has 1 saturated carbocycles. The van der Waals surface area contributed by atoms with Crippen LogP contribution in [0, 0.1) is 5.92 Å². The zero-order valence-corrected chi connectivity index (χ0v) is 9.09. The third-order valence-electron chi connectivity index (χ3n) is 3.24. The van der Waals surface area contributed by atoms with Crippen LogP contribution in [-0.2, 0) is 0 Å². The fourth-order valence-electron chi connectivity index (χ4n) is 2.26. The molecule has 0 aromatic rings. The molecule has 1 nitrogen and oxygen atoms in total. The lowest BCUT2D eigenvalue weighted by molar-refractivity contribution is -0.0364. The minimum atomic E-state index is -2.40. The normalized spacial score (nSPS) is 36.4. The molecule has 2 unspecified atom stereocenters. The molecule has 2 fully saturated rings. The van der Waals surface area contributed by atoms with Crippen LogP contribution in [0.1, 0.15) is 25.7 Å². The van der Waals surface area contributed by atoms with Gasteiger partial charge in [0, 0.05) is 30.7 Å². The highest BCUT2D eigenvalue weighted by molar-refractivity contribution is 7.99. The summed E-state index contributed by atoms with van der Waals surface area (Å²) in [6, 6.07) is 0.483. The second-order valence-electron chi connectivity index (χ2n) is 4.32. The SMILES string of the molecule is FC1(F)CCCC1CNC1CCSC1. The van der Waals surface area contributed by atoms with Crippen LogP contribution < -0.4 is 5.32 Å². The van der Waals surface area contributed by atoms with Crippen LogP contribution in [0.3, 0.4) is 0 Å². The topological polar surface area (TPSA) is 12.0 Å². The Kier molecular flexibility index (Phi) is 3.32. The maximum atomic E-state index is 13.2. The number of thioether (sulfide) groups is 1. The molecule has 14 heavy (non-hydrogen) atoms. The maximum Gasteiger partial charge on any atom is 0.252 e. The fourth-order valence-corrected chi connectivity index (χ4v) is 3.44. The van der Waals surface area contributed by atoms with Crippen LogP contribution in [0.5, 0.6) is 0 Å². The van der Waals surface area contributed by atoms with Crippen molar-refractivity contribution in [3.63, 3.8) is 0 Å². The van der Waals surface area contributed by atoms with Crippen molar-refractivity contribution in [2.75, 3.05) is 18.1 Å². The molecule has 2 atom stereocenters. The van der Waals surface area contributed by atoms with Gasteiger partial charge in [-0.15, -0.1) is 0 Å². The largest absolute Gasteiger partial charge is 0.313 e. The van der Waals surface area contributed by atoms with E-state index in [4.69, 9.17) is 0 Å². The molecule has 1 heterocycles. The molecular formula is C10H17F2NS. The van der Waals surface area contributed by atoms with Gasteiger partial charge in [0.2, 0.25) is 0 Å². The van der Waals surface area contributed by atoms with Crippen molar-refractivity contribution in [2.45, 2.75) is 37.6 Å². The highest BCUT2D eigenvalue weighted by Crippen LogP contribution is 2.39. The fraction of sp³-hybridized carbons (Fsp3) is 1.00. The predicted molar refractivity (Wildman–Crippen MR) is 56.0 cm³/mol. The zero-order chi connectivity index (χ0) is 10.0. The Morgan fingerprint density at radius 2 is 2.21 bits per heavy atom. The van der Waals surface area contributed by atoms with E-state index < -0.39 is 11.8 Å². The first-order valence-corrected chi connectivity index (χ1v) is 6.53. The summed E-state index contributed by atoms with van der Waals surface area (Å²) in [5.41, 5.74) is 0. The van der Waals surface area contributed by atoms with Crippen LogP contribution >= 0.6 is 11.8 Å². The first kappa shape index (κ1) is 10.7. The van der Waals surface area contributed by atoms with E-state index in [1.54, 1.807) is 0 Å². The molecule has 0 amide bonds. The van der Waals surface area contributed by atoms with Gasteiger partial charge < -0.3 is 5.32 Å². The number of rotatable bonds is 3. The van der Waals surface area contributed by atoms with E-state index in [0.29, 0.717) is 25.4 Å². The molecule has 82 valence electrons. The lowest BCUT2D eigenvalue weighted by Gasteiger charge is -2.21. The monoisotopic (exact) mass is 221 g/mol. The third-order valence-corrected chi connectivity index (χ3v) is 4.41. The maximum absolute atomic E-state index is 13.2. The summed E-state index contributed by atoms with van der Waals surface area (Å²) in [7, 11) is 0. The van der Waals surface area contributed by atoms with Gasteiger partial charge in [0.05, 0.1) is 0 Å². The van der Waals surface area contributed by atoms with E-state index in [0.717, 1.165) is 12.2 Å². The van der Waals surface area contributed by atoms with Gasteiger partial charge in [0.15, 0.2) is 0 Å². The molecule has 1 aliphatic heterocycles. The lowest BCUT2D eigenvalue weighted by atomic mass is 10.0. The molecule has 1 aliphatic carbocycles. The molecule has 2 aliphatic rings. The molecule has 1 N–H and O–H groups in total. The zero-order valence-electron chi connectivity index (χ0n) is 8.27. The van der Waals surface area contributed by atoms with E-state index in [9.17, 15) is 8.78 Å². The van der Waals surface area contributed by atoms with Gasteiger partial charge in [-0.2, -0.15) is 11.8 Å². The van der Waals surface area contributed by atoms with Crippen molar-refractivity contribution in [2.24, 2.45) is 5.92 Å². The Bertz CT molecular complexity index is 193. The van der Waals surface area contributed by atoms with E-state index in [2.05, 4.69) is 5.32 Å². The average molecular weight is 221 g/mol. The van der Waals surface area contributed by atoms with Crippen molar-refractivity contribution in [3.05, 3.63) is 0 Å². The minimum Gasteiger partial charge on any atom is -0.313 e. The summed E-state index contributed by atoms with van der Waals surface area (Å²) in [5, 5.41) is 3.28. The number of nitrogens with one attached hydrogen (secondary N) is 1. The summed E-state index contributed by atoms with van der Waals surface area (Å²) < 4.78 is 26.5. The first-order valence-electron chi connectivity index (χ1n) is 5.37. The Morgan fingerprint density at radius 3 is 2.79 bits per heavy atom. The Balaban J connectivity index is 1.74. The molecule has 0 bridgehead atoms. The summed E-state index contributed by atoms with van der Waals surface area (Å²) in [5.74, 6) is -0.538. The smallest absolute Gasteiger partial charge is 0.252 e. The van der Waals surface area contributed by atoms with Gasteiger partial charge in [-0.1, -0.05) is 0 Å². The van der Waals surface area contributed by atoms with Gasteiger partial charge in [0.1, 0.15) is 0 Å². The van der Waals surface area contributed by atoms with Gasteiger partial charge >= 0.3 is 0 Å². The standard InChI is InChI=1S/C10H17F2NS/c11-10(12)4-1-2-8(10)6-13-9-3-5-14-7-9/h8-9,13H,1-7H2. The summed E-state index contributed by atoms with van der Waals surface area (Å²) in [6.45, 7) is 0.512. The molecule has 0 aromatic heterocycles. The molecule has 0 spiro atoms. The molecular weight excluding hydrogens is 204 g/mol. The first-order chi connectivity index (χ1) is 6.68. The van der Waals surface area contributed by atoms with Crippen LogP contribution in [-0.4, -0.2) is 30.0 Å². The highest BCUT2D eigenvalue weighted by Gasteiger charge is 2.43. The van der Waals surface area contributed by atoms with Crippen LogP contribution in [0.25, 0.3) is 0 Å². The summed E-state index contributed by atoms with van der Waals surface area (Å²) in [6.07, 6.45) is 2.63. The Morgan fingerprint density at radius 1 is 1.36 bits per heavy atom. The van der Waals surface area contributed by atoms with Gasteiger partial charge in [-0.3, -0.25) is 0 Å². The van der Waals surface area contributed by atoms with E-state index in [1.165, 1.54) is 5.75 Å². The highest BCUT2D eigenvalue weighted by atomic mass is 32.2.